The Morgan fingerprint density at radius 3 is 3.00 bits per heavy atom. The Bertz CT molecular complexity index is 557. The highest BCUT2D eigenvalue weighted by Gasteiger charge is 2.16. The van der Waals surface area contributed by atoms with Crippen molar-refractivity contribution in [3.05, 3.63) is 34.7 Å². The van der Waals surface area contributed by atoms with Gasteiger partial charge in [-0.1, -0.05) is 18.2 Å². The molecule has 1 aliphatic rings. The second-order valence-corrected chi connectivity index (χ2v) is 7.63. The summed E-state index contributed by atoms with van der Waals surface area (Å²) < 4.78 is 1.43. The first kappa shape index (κ1) is 14.4. The summed E-state index contributed by atoms with van der Waals surface area (Å²) in [5, 5.41) is 4.78. The first-order valence-corrected chi connectivity index (χ1v) is 9.29. The van der Waals surface area contributed by atoms with Gasteiger partial charge in [0.15, 0.2) is 0 Å². The van der Waals surface area contributed by atoms with Crippen LogP contribution in [0.25, 0.3) is 10.1 Å². The molecule has 0 radical (unpaired) electrons. The highest BCUT2D eigenvalue weighted by Crippen LogP contribution is 2.32. The van der Waals surface area contributed by atoms with E-state index in [1.165, 1.54) is 46.0 Å². The zero-order valence-corrected chi connectivity index (χ0v) is 13.7. The summed E-state index contributed by atoms with van der Waals surface area (Å²) in [5.74, 6) is 2.60. The lowest BCUT2D eigenvalue weighted by atomic mass is 10.1. The van der Waals surface area contributed by atoms with Crippen LogP contribution in [0.1, 0.15) is 16.9 Å². The molecule has 1 fully saturated rings. The van der Waals surface area contributed by atoms with Crippen LogP contribution in [0.3, 0.4) is 0 Å². The summed E-state index contributed by atoms with van der Waals surface area (Å²) in [6.07, 6.45) is 1.33. The lowest BCUT2D eigenvalue weighted by Crippen LogP contribution is -2.26. The van der Waals surface area contributed by atoms with Crippen molar-refractivity contribution in [1.82, 2.24) is 10.2 Å². The average molecular weight is 306 g/mol. The third kappa shape index (κ3) is 3.19. The van der Waals surface area contributed by atoms with Gasteiger partial charge in [0.1, 0.15) is 0 Å². The number of hydrogen-bond donors (Lipinski definition) is 1. The summed E-state index contributed by atoms with van der Waals surface area (Å²) in [7, 11) is 2.04. The van der Waals surface area contributed by atoms with E-state index in [1.807, 2.05) is 18.4 Å². The number of fused-ring (bicyclic) bond motifs is 1. The SMILES string of the molecule is CNCc1sc2ccccc2c1CN1CCCSCC1. The number of nitrogens with zero attached hydrogens (tertiary/aromatic N) is 1. The summed E-state index contributed by atoms with van der Waals surface area (Å²) >= 11 is 4.05. The molecule has 1 N–H and O–H groups in total. The lowest BCUT2D eigenvalue weighted by Gasteiger charge is -2.20. The molecule has 108 valence electrons. The van der Waals surface area contributed by atoms with Gasteiger partial charge in [-0.25, -0.2) is 0 Å². The topological polar surface area (TPSA) is 15.3 Å². The van der Waals surface area contributed by atoms with Gasteiger partial charge in [0.05, 0.1) is 0 Å². The van der Waals surface area contributed by atoms with Gasteiger partial charge in [-0.05, 0) is 42.8 Å². The van der Waals surface area contributed by atoms with Crippen molar-refractivity contribution in [1.29, 1.82) is 0 Å². The van der Waals surface area contributed by atoms with E-state index in [0.29, 0.717) is 0 Å². The van der Waals surface area contributed by atoms with Gasteiger partial charge in [-0.2, -0.15) is 11.8 Å². The van der Waals surface area contributed by atoms with Gasteiger partial charge in [-0.15, -0.1) is 11.3 Å². The molecule has 2 nitrogen and oxygen atoms in total. The minimum absolute atomic E-state index is 0.983. The quantitative estimate of drug-likeness (QED) is 0.930. The molecule has 0 bridgehead atoms. The molecule has 2 aromatic rings. The van der Waals surface area contributed by atoms with Gasteiger partial charge < -0.3 is 5.32 Å². The zero-order valence-electron chi connectivity index (χ0n) is 12.0. The lowest BCUT2D eigenvalue weighted by molar-refractivity contribution is 0.288. The Kier molecular flexibility index (Phi) is 4.99. The molecule has 0 atom stereocenters. The Balaban J connectivity index is 1.89. The van der Waals surface area contributed by atoms with Crippen molar-refractivity contribution in [3.8, 4) is 0 Å². The van der Waals surface area contributed by atoms with Crippen LogP contribution in [0.5, 0.6) is 0 Å². The molecule has 1 saturated heterocycles. The fourth-order valence-electron chi connectivity index (χ4n) is 2.81. The Morgan fingerprint density at radius 2 is 2.10 bits per heavy atom. The number of rotatable bonds is 4. The van der Waals surface area contributed by atoms with Gasteiger partial charge >= 0.3 is 0 Å². The van der Waals surface area contributed by atoms with Gasteiger partial charge in [0, 0.05) is 35.0 Å². The van der Waals surface area contributed by atoms with Crippen LogP contribution in [-0.4, -0.2) is 36.5 Å². The van der Waals surface area contributed by atoms with Crippen LogP contribution < -0.4 is 5.32 Å². The van der Waals surface area contributed by atoms with E-state index in [4.69, 9.17) is 0 Å². The van der Waals surface area contributed by atoms with Crippen molar-refractivity contribution in [2.45, 2.75) is 19.5 Å². The minimum atomic E-state index is 0.983. The third-order valence-electron chi connectivity index (χ3n) is 3.82. The first-order chi connectivity index (χ1) is 9.88. The molecule has 0 spiro atoms. The standard InChI is InChI=1S/C16H22N2S2/c1-17-11-16-14(12-18-7-4-9-19-10-8-18)13-5-2-3-6-15(13)20-16/h2-3,5-6,17H,4,7-12H2,1H3. The van der Waals surface area contributed by atoms with E-state index < -0.39 is 0 Å². The highest BCUT2D eigenvalue weighted by atomic mass is 32.2. The van der Waals surface area contributed by atoms with Crippen LogP contribution in [0.4, 0.5) is 0 Å². The average Bonchev–Trinajstić information content (AvgIpc) is 2.64. The van der Waals surface area contributed by atoms with E-state index >= 15 is 0 Å². The van der Waals surface area contributed by atoms with Gasteiger partial charge in [0.2, 0.25) is 0 Å². The van der Waals surface area contributed by atoms with Crippen LogP contribution in [0, 0.1) is 0 Å². The van der Waals surface area contributed by atoms with Crippen molar-refractivity contribution >= 4 is 33.2 Å². The molecule has 0 aliphatic carbocycles. The number of benzene rings is 1. The molecule has 20 heavy (non-hydrogen) atoms. The Labute approximate surface area is 129 Å². The predicted octanol–water partition coefficient (Wildman–Crippen LogP) is 3.56. The minimum Gasteiger partial charge on any atom is -0.315 e. The van der Waals surface area contributed by atoms with Crippen LogP contribution in [-0.2, 0) is 13.1 Å². The largest absolute Gasteiger partial charge is 0.315 e. The monoisotopic (exact) mass is 306 g/mol. The Morgan fingerprint density at radius 1 is 1.20 bits per heavy atom. The van der Waals surface area contributed by atoms with Crippen molar-refractivity contribution in [2.75, 3.05) is 31.6 Å². The molecule has 4 heteroatoms. The summed E-state index contributed by atoms with van der Waals surface area (Å²) in [5.41, 5.74) is 1.55. The molecular formula is C16H22N2S2. The third-order valence-corrected chi connectivity index (χ3v) is 6.08. The number of thioether (sulfide) groups is 1. The van der Waals surface area contributed by atoms with Crippen LogP contribution in [0.15, 0.2) is 24.3 Å². The predicted molar refractivity (Wildman–Crippen MR) is 91.8 cm³/mol. The van der Waals surface area contributed by atoms with Crippen molar-refractivity contribution in [3.63, 3.8) is 0 Å². The molecule has 1 aliphatic heterocycles. The number of thiophene rings is 1. The molecule has 0 unspecified atom stereocenters. The van der Waals surface area contributed by atoms with Gasteiger partial charge in [0.25, 0.3) is 0 Å². The first-order valence-electron chi connectivity index (χ1n) is 7.32. The fraction of sp³-hybridized carbons (Fsp3) is 0.500. The maximum Gasteiger partial charge on any atom is 0.0349 e. The number of hydrogen-bond acceptors (Lipinski definition) is 4. The molecule has 2 heterocycles. The second kappa shape index (κ2) is 6.94. The van der Waals surface area contributed by atoms with Crippen molar-refractivity contribution in [2.24, 2.45) is 0 Å². The zero-order chi connectivity index (χ0) is 13.8. The maximum absolute atomic E-state index is 3.32. The number of nitrogens with one attached hydrogen (secondary N) is 1. The highest BCUT2D eigenvalue weighted by molar-refractivity contribution is 7.99. The maximum atomic E-state index is 3.32. The molecule has 1 aromatic heterocycles. The van der Waals surface area contributed by atoms with E-state index in [1.54, 1.807) is 5.56 Å². The van der Waals surface area contributed by atoms with Gasteiger partial charge in [-0.3, -0.25) is 4.90 Å². The fourth-order valence-corrected chi connectivity index (χ4v) is 4.96. The normalized spacial score (nSPS) is 17.4. The molecule has 0 saturated carbocycles. The Hall–Kier alpha value is -0.550. The summed E-state index contributed by atoms with van der Waals surface area (Å²) in [6, 6.07) is 8.85. The molecule has 1 aromatic carbocycles. The smallest absolute Gasteiger partial charge is 0.0349 e. The summed E-state index contributed by atoms with van der Waals surface area (Å²) in [4.78, 5) is 4.14. The molecule has 3 rings (SSSR count). The van der Waals surface area contributed by atoms with E-state index in [9.17, 15) is 0 Å². The van der Waals surface area contributed by atoms with E-state index in [2.05, 4.69) is 46.2 Å². The van der Waals surface area contributed by atoms with Crippen molar-refractivity contribution < 1.29 is 0 Å². The van der Waals surface area contributed by atoms with Crippen LogP contribution >= 0.6 is 23.1 Å². The molecular weight excluding hydrogens is 284 g/mol. The second-order valence-electron chi connectivity index (χ2n) is 5.27. The van der Waals surface area contributed by atoms with Crippen LogP contribution in [0.2, 0.25) is 0 Å². The summed E-state index contributed by atoms with van der Waals surface area (Å²) in [6.45, 7) is 4.57. The molecule has 0 amide bonds. The van der Waals surface area contributed by atoms with E-state index in [-0.39, 0.29) is 0 Å². The van der Waals surface area contributed by atoms with E-state index in [0.717, 1.165) is 13.1 Å².